The van der Waals surface area contributed by atoms with E-state index in [0.717, 1.165) is 6.42 Å². The molecule has 0 bridgehead atoms. The number of carbonyl (C=O) groups is 1. The number of rotatable bonds is 5. The number of nitrogens with zero attached hydrogens (tertiary/aromatic N) is 3. The van der Waals surface area contributed by atoms with E-state index in [4.69, 9.17) is 10.00 Å². The van der Waals surface area contributed by atoms with Crippen LogP contribution in [0.25, 0.3) is 21.9 Å². The topological polar surface area (TPSA) is 104 Å². The van der Waals surface area contributed by atoms with E-state index < -0.39 is 0 Å². The van der Waals surface area contributed by atoms with Crippen molar-refractivity contribution in [1.29, 1.82) is 5.26 Å². The lowest BCUT2D eigenvalue weighted by atomic mass is 9.99. The first kappa shape index (κ1) is 20.4. The van der Waals surface area contributed by atoms with Crippen molar-refractivity contribution in [3.05, 3.63) is 71.7 Å². The quantitative estimate of drug-likeness (QED) is 0.426. The zero-order valence-electron chi connectivity index (χ0n) is 18.2. The molecule has 7 nitrogen and oxygen atoms in total. The maximum Gasteiger partial charge on any atom is 0.230 e. The summed E-state index contributed by atoms with van der Waals surface area (Å²) < 4.78 is 19.9. The number of H-pyrrole nitrogens is 1. The van der Waals surface area contributed by atoms with Crippen LogP contribution >= 0.6 is 0 Å². The van der Waals surface area contributed by atoms with Crippen molar-refractivity contribution in [3.8, 4) is 11.8 Å². The summed E-state index contributed by atoms with van der Waals surface area (Å²) >= 11 is 0. The zero-order chi connectivity index (χ0) is 23.4. The van der Waals surface area contributed by atoms with Crippen LogP contribution in [-0.4, -0.2) is 27.0 Å². The lowest BCUT2D eigenvalue weighted by Gasteiger charge is -2.17. The number of halogens is 1. The molecule has 34 heavy (non-hydrogen) atoms. The van der Waals surface area contributed by atoms with Crippen LogP contribution in [0.3, 0.4) is 0 Å². The first-order valence-corrected chi connectivity index (χ1v) is 11.1. The van der Waals surface area contributed by atoms with Crippen molar-refractivity contribution >= 4 is 33.8 Å². The van der Waals surface area contributed by atoms with Gasteiger partial charge in [-0.1, -0.05) is 12.5 Å². The van der Waals surface area contributed by atoms with E-state index in [1.54, 1.807) is 36.5 Å². The van der Waals surface area contributed by atoms with Crippen molar-refractivity contribution in [2.24, 2.45) is 17.8 Å². The molecule has 0 spiro atoms. The number of nitriles is 1. The van der Waals surface area contributed by atoms with Gasteiger partial charge in [-0.3, -0.25) is 15.1 Å². The molecule has 2 aromatic heterocycles. The number of aromatic amines is 1. The fraction of sp³-hybridized carbons (Fsp3) is 0.231. The molecule has 4 atom stereocenters. The molecule has 6 rings (SSSR count). The Bertz CT molecular complexity index is 1540. The van der Waals surface area contributed by atoms with E-state index in [9.17, 15) is 9.18 Å². The monoisotopic (exact) mass is 453 g/mol. The minimum absolute atomic E-state index is 0.104. The smallest absolute Gasteiger partial charge is 0.230 e. The van der Waals surface area contributed by atoms with Crippen LogP contribution in [0.1, 0.15) is 18.9 Å². The number of pyridine rings is 1. The molecule has 1 saturated carbocycles. The van der Waals surface area contributed by atoms with Gasteiger partial charge in [-0.15, -0.1) is 0 Å². The van der Waals surface area contributed by atoms with Gasteiger partial charge >= 0.3 is 0 Å². The summed E-state index contributed by atoms with van der Waals surface area (Å²) in [6, 6.07) is 13.5. The van der Waals surface area contributed by atoms with Crippen LogP contribution in [0.5, 0.6) is 5.75 Å². The largest absolute Gasteiger partial charge is 0.486 e. The van der Waals surface area contributed by atoms with Crippen LogP contribution in [-0.2, 0) is 4.79 Å². The van der Waals surface area contributed by atoms with Crippen molar-refractivity contribution in [2.45, 2.75) is 19.4 Å². The average Bonchev–Trinajstić information content (AvgIpc) is 3.15. The number of carbonyl (C=O) groups excluding carboxylic acids is 1. The number of benzene rings is 2. The molecule has 1 amide bonds. The molecule has 0 aliphatic heterocycles. The minimum Gasteiger partial charge on any atom is -0.486 e. The fourth-order valence-electron chi connectivity index (χ4n) is 5.02. The van der Waals surface area contributed by atoms with Gasteiger partial charge in [-0.05, 0) is 66.8 Å². The highest BCUT2D eigenvalue weighted by atomic mass is 19.1. The van der Waals surface area contributed by atoms with Crippen LogP contribution in [0.2, 0.25) is 0 Å². The first-order valence-electron chi connectivity index (χ1n) is 11.1. The van der Waals surface area contributed by atoms with Gasteiger partial charge in [0.25, 0.3) is 0 Å². The minimum atomic E-state index is -0.326. The van der Waals surface area contributed by atoms with Gasteiger partial charge in [0.15, 0.2) is 0 Å². The average molecular weight is 453 g/mol. The summed E-state index contributed by atoms with van der Waals surface area (Å²) in [4.78, 5) is 24.6. The van der Waals surface area contributed by atoms with Crippen LogP contribution in [0.4, 0.5) is 10.3 Å². The number of amides is 1. The summed E-state index contributed by atoms with van der Waals surface area (Å²) in [7, 11) is 0. The molecule has 2 aliphatic carbocycles. The van der Waals surface area contributed by atoms with E-state index >= 15 is 0 Å². The number of anilines is 1. The predicted molar refractivity (Wildman–Crippen MR) is 124 cm³/mol. The lowest BCUT2D eigenvalue weighted by molar-refractivity contribution is -0.120. The van der Waals surface area contributed by atoms with E-state index in [1.165, 1.54) is 17.7 Å². The van der Waals surface area contributed by atoms with Gasteiger partial charge in [-0.2, -0.15) is 5.26 Å². The molecule has 2 N–H and O–H groups in total. The zero-order valence-corrected chi connectivity index (χ0v) is 18.2. The summed E-state index contributed by atoms with van der Waals surface area (Å²) in [6.07, 6.45) is 4.44. The second-order valence-corrected chi connectivity index (χ2v) is 8.87. The lowest BCUT2D eigenvalue weighted by Crippen LogP contribution is -2.24. The standard InChI is InChI=1S/C26H20FN5O2/c1-13(25(33)32-26-30-21-4-2-14(12-28)8-22(21)31-26)24-17-10-16(11-18(17)24)34-23-6-7-29-20-5-3-15(27)9-19(20)23/h2-10,13,16,18,24H,11H2,1H3,(H2,30,31,32,33)/t13?,16-,18+,24+/m1/s1. The molecule has 4 aromatic rings. The molecule has 2 heterocycles. The highest BCUT2D eigenvalue weighted by Crippen LogP contribution is 2.57. The number of imidazole rings is 1. The number of allylic oxidation sites excluding steroid dienone is 1. The van der Waals surface area contributed by atoms with E-state index in [-0.39, 0.29) is 29.7 Å². The second-order valence-electron chi connectivity index (χ2n) is 8.87. The van der Waals surface area contributed by atoms with E-state index in [1.807, 2.05) is 6.92 Å². The SMILES string of the molecule is CC(C(=O)Nc1nc2ccc(C#N)cc2[nH]1)[C@H]1C2=C[C@@H](Oc3ccnc4ccc(F)cc34)C[C@@H]21. The van der Waals surface area contributed by atoms with E-state index in [2.05, 4.69) is 32.4 Å². The molecular formula is C26H20FN5O2. The molecule has 2 aliphatic rings. The third kappa shape index (κ3) is 3.46. The molecule has 2 aromatic carbocycles. The predicted octanol–water partition coefficient (Wildman–Crippen LogP) is 4.72. The Kier molecular flexibility index (Phi) is 4.59. The van der Waals surface area contributed by atoms with Crippen molar-refractivity contribution in [3.63, 3.8) is 0 Å². The third-order valence-electron chi connectivity index (χ3n) is 6.75. The molecular weight excluding hydrogens is 433 g/mol. The van der Waals surface area contributed by atoms with Crippen LogP contribution < -0.4 is 10.1 Å². The number of ether oxygens (including phenoxy) is 1. The van der Waals surface area contributed by atoms with Gasteiger partial charge in [-0.25, -0.2) is 9.37 Å². The Morgan fingerprint density at radius 3 is 2.91 bits per heavy atom. The Morgan fingerprint density at radius 2 is 2.12 bits per heavy atom. The van der Waals surface area contributed by atoms with Crippen molar-refractivity contribution in [1.82, 2.24) is 15.0 Å². The van der Waals surface area contributed by atoms with Gasteiger partial charge < -0.3 is 9.72 Å². The molecule has 0 saturated heterocycles. The maximum atomic E-state index is 13.7. The van der Waals surface area contributed by atoms with Gasteiger partial charge in [0, 0.05) is 17.5 Å². The van der Waals surface area contributed by atoms with Crippen molar-refractivity contribution < 1.29 is 13.9 Å². The first-order chi connectivity index (χ1) is 16.5. The Hall–Kier alpha value is -4.25. The summed E-state index contributed by atoms with van der Waals surface area (Å²) in [6.45, 7) is 1.92. The number of aromatic nitrogens is 3. The van der Waals surface area contributed by atoms with Crippen LogP contribution in [0.15, 0.2) is 60.3 Å². The number of nitrogens with one attached hydrogen (secondary N) is 2. The highest BCUT2D eigenvalue weighted by Gasteiger charge is 2.53. The number of hydrogen-bond donors (Lipinski definition) is 2. The Labute approximate surface area is 194 Å². The van der Waals surface area contributed by atoms with Crippen LogP contribution in [0, 0.1) is 34.9 Å². The van der Waals surface area contributed by atoms with Gasteiger partial charge in [0.05, 0.1) is 28.2 Å². The molecule has 0 radical (unpaired) electrons. The molecule has 1 fully saturated rings. The van der Waals surface area contributed by atoms with E-state index in [0.29, 0.717) is 45.1 Å². The molecule has 168 valence electrons. The number of fused-ring (bicyclic) bond motifs is 3. The number of hydrogen-bond acceptors (Lipinski definition) is 5. The summed E-state index contributed by atoms with van der Waals surface area (Å²) in [5.74, 6) is 0.835. The normalized spacial score (nSPS) is 21.6. The fourth-order valence-corrected chi connectivity index (χ4v) is 5.02. The van der Waals surface area contributed by atoms with Gasteiger partial charge in [0.2, 0.25) is 11.9 Å². The maximum absolute atomic E-state index is 13.7. The molecule has 8 heteroatoms. The van der Waals surface area contributed by atoms with Gasteiger partial charge in [0.1, 0.15) is 17.7 Å². The third-order valence-corrected chi connectivity index (χ3v) is 6.75. The highest BCUT2D eigenvalue weighted by molar-refractivity contribution is 5.93. The second kappa shape index (κ2) is 7.66. The Morgan fingerprint density at radius 1 is 1.26 bits per heavy atom. The summed E-state index contributed by atoms with van der Waals surface area (Å²) in [5.41, 5.74) is 3.85. The Balaban J connectivity index is 1.12. The van der Waals surface area contributed by atoms with Crippen molar-refractivity contribution in [2.75, 3.05) is 5.32 Å². The molecule has 1 unspecified atom stereocenters. The summed E-state index contributed by atoms with van der Waals surface area (Å²) in [5, 5.41) is 12.6.